The molecule has 102 valence electrons. The number of rotatable bonds is 2. The summed E-state index contributed by atoms with van der Waals surface area (Å²) in [6, 6.07) is 9.84. The highest BCUT2D eigenvalue weighted by atomic mass is 32.9. The van der Waals surface area contributed by atoms with Crippen LogP contribution in [0.3, 0.4) is 0 Å². The first kappa shape index (κ1) is 13.1. The maximum atomic E-state index is 12.2. The molecule has 6 heteroatoms. The van der Waals surface area contributed by atoms with E-state index in [2.05, 4.69) is 0 Å². The van der Waals surface area contributed by atoms with Crippen LogP contribution in [0.5, 0.6) is 0 Å². The topological polar surface area (TPSA) is 48.3 Å². The Bertz CT molecular complexity index is 798. The van der Waals surface area contributed by atoms with Gasteiger partial charge < -0.3 is 9.30 Å². The van der Waals surface area contributed by atoms with Crippen molar-refractivity contribution in [3.05, 3.63) is 46.2 Å². The standard InChI is InChI=1S/C14H11NO3S2/c1-15-10-11(8-6-4-3-5-7-8)19-20-12(10)9(13(15)16)14(17)18-2/h3-7H,1-2H3. The molecule has 0 aliphatic carbocycles. The first-order chi connectivity index (χ1) is 9.65. The van der Waals surface area contributed by atoms with Gasteiger partial charge in [0.05, 0.1) is 22.6 Å². The molecule has 20 heavy (non-hydrogen) atoms. The molecule has 2 aliphatic rings. The van der Waals surface area contributed by atoms with Crippen LogP contribution in [-0.2, 0) is 11.8 Å². The van der Waals surface area contributed by atoms with E-state index in [1.54, 1.807) is 17.4 Å². The fourth-order valence-electron chi connectivity index (χ4n) is 2.15. The Morgan fingerprint density at radius 3 is 2.45 bits per heavy atom. The van der Waals surface area contributed by atoms with Gasteiger partial charge in [-0.1, -0.05) is 51.0 Å². The molecule has 0 spiro atoms. The summed E-state index contributed by atoms with van der Waals surface area (Å²) < 4.78 is 6.24. The van der Waals surface area contributed by atoms with E-state index in [0.717, 1.165) is 16.1 Å². The Hall–Kier alpha value is -1.92. The third-order valence-corrected chi connectivity index (χ3v) is 5.64. The second-order valence-electron chi connectivity index (χ2n) is 4.27. The molecule has 0 unspecified atom stereocenters. The number of benzene rings is 1. The van der Waals surface area contributed by atoms with E-state index in [1.165, 1.54) is 22.0 Å². The van der Waals surface area contributed by atoms with E-state index in [0.29, 0.717) is 4.88 Å². The van der Waals surface area contributed by atoms with Crippen molar-refractivity contribution >= 4 is 26.7 Å². The molecule has 0 saturated heterocycles. The number of methoxy groups -OCH3 is 1. The summed E-state index contributed by atoms with van der Waals surface area (Å²) in [5, 5.41) is 0. The lowest BCUT2D eigenvalue weighted by Crippen LogP contribution is -2.18. The Labute approximate surface area is 122 Å². The smallest absolute Gasteiger partial charge is 0.345 e. The molecule has 0 radical (unpaired) electrons. The van der Waals surface area contributed by atoms with Crippen LogP contribution < -0.4 is 5.56 Å². The van der Waals surface area contributed by atoms with Crippen molar-refractivity contribution in [2.45, 2.75) is 0 Å². The van der Waals surface area contributed by atoms with E-state index in [9.17, 15) is 9.59 Å². The summed E-state index contributed by atoms with van der Waals surface area (Å²) in [7, 11) is 5.97. The molecule has 3 rings (SSSR count). The van der Waals surface area contributed by atoms with Crippen LogP contribution in [-0.4, -0.2) is 17.6 Å². The van der Waals surface area contributed by atoms with Crippen molar-refractivity contribution in [1.29, 1.82) is 0 Å². The van der Waals surface area contributed by atoms with Crippen LogP contribution in [0.15, 0.2) is 35.1 Å². The van der Waals surface area contributed by atoms with Crippen molar-refractivity contribution < 1.29 is 9.53 Å². The minimum atomic E-state index is -0.575. The van der Waals surface area contributed by atoms with E-state index in [4.69, 9.17) is 4.74 Å². The summed E-state index contributed by atoms with van der Waals surface area (Å²) in [6.45, 7) is 0. The molecule has 0 saturated carbocycles. The van der Waals surface area contributed by atoms with Gasteiger partial charge in [-0.05, 0) is 5.56 Å². The van der Waals surface area contributed by atoms with Gasteiger partial charge in [0.1, 0.15) is 5.56 Å². The average Bonchev–Trinajstić information content (AvgIpc) is 3.00. The van der Waals surface area contributed by atoms with Gasteiger partial charge in [0.2, 0.25) is 0 Å². The average molecular weight is 305 g/mol. The summed E-state index contributed by atoms with van der Waals surface area (Å²) in [4.78, 5) is 25.7. The molecule has 2 heterocycles. The zero-order chi connectivity index (χ0) is 14.3. The molecule has 0 amide bonds. The van der Waals surface area contributed by atoms with E-state index in [1.807, 2.05) is 30.3 Å². The van der Waals surface area contributed by atoms with E-state index >= 15 is 0 Å². The first-order valence-corrected chi connectivity index (χ1v) is 8.05. The molecule has 0 atom stereocenters. The maximum absolute atomic E-state index is 12.2. The van der Waals surface area contributed by atoms with Crippen molar-refractivity contribution in [3.63, 3.8) is 0 Å². The molecule has 1 aromatic rings. The van der Waals surface area contributed by atoms with Gasteiger partial charge in [0, 0.05) is 7.05 Å². The number of fused-ring (bicyclic) bond motifs is 1. The second kappa shape index (κ2) is 4.88. The predicted molar refractivity (Wildman–Crippen MR) is 80.8 cm³/mol. The van der Waals surface area contributed by atoms with Crippen molar-refractivity contribution in [2.75, 3.05) is 7.11 Å². The minimum Gasteiger partial charge on any atom is -0.465 e. The van der Waals surface area contributed by atoms with Crippen LogP contribution in [0.1, 0.15) is 10.4 Å². The lowest BCUT2D eigenvalue weighted by atomic mass is 10.1. The minimum absolute atomic E-state index is 0.133. The number of carbonyl (C=O) groups is 1. The summed E-state index contributed by atoms with van der Waals surface area (Å²) in [5.41, 5.74) is 1.67. The molecule has 0 bridgehead atoms. The lowest BCUT2D eigenvalue weighted by molar-refractivity contribution is 0.0600. The Balaban J connectivity index is 2.27. The second-order valence-corrected chi connectivity index (χ2v) is 6.42. The van der Waals surface area contributed by atoms with E-state index < -0.39 is 5.97 Å². The van der Waals surface area contributed by atoms with Gasteiger partial charge in [-0.25, -0.2) is 4.79 Å². The van der Waals surface area contributed by atoms with Crippen LogP contribution >= 0.6 is 20.7 Å². The zero-order valence-corrected chi connectivity index (χ0v) is 12.5. The lowest BCUT2D eigenvalue weighted by Gasteiger charge is -2.01. The molecule has 0 fully saturated rings. The fourth-order valence-corrected chi connectivity index (χ4v) is 5.02. The first-order valence-electron chi connectivity index (χ1n) is 5.90. The molecule has 4 nitrogen and oxygen atoms in total. The molecule has 1 aromatic carbocycles. The van der Waals surface area contributed by atoms with E-state index in [-0.39, 0.29) is 11.1 Å². The number of carbonyl (C=O) groups excluding carboxylic acids is 1. The van der Waals surface area contributed by atoms with Gasteiger partial charge in [-0.2, -0.15) is 0 Å². The highest BCUT2D eigenvalue weighted by Crippen LogP contribution is 2.44. The third-order valence-electron chi connectivity index (χ3n) is 3.14. The number of esters is 1. The zero-order valence-electron chi connectivity index (χ0n) is 10.9. The van der Waals surface area contributed by atoms with Gasteiger partial charge in [0.25, 0.3) is 5.56 Å². The van der Waals surface area contributed by atoms with Crippen LogP contribution in [0.2, 0.25) is 0 Å². The molecular weight excluding hydrogens is 294 g/mol. The highest BCUT2D eigenvalue weighted by molar-refractivity contribution is 7.72. The number of ether oxygens (including phenoxy) is 1. The maximum Gasteiger partial charge on any atom is 0.345 e. The number of hydrogen-bond donors (Lipinski definition) is 0. The molecule has 0 N–H and O–H groups in total. The quantitative estimate of drug-likeness (QED) is 0.540. The van der Waals surface area contributed by atoms with Crippen molar-refractivity contribution in [1.82, 2.24) is 4.57 Å². The Morgan fingerprint density at radius 1 is 1.15 bits per heavy atom. The highest BCUT2D eigenvalue weighted by Gasteiger charge is 2.30. The number of hydrogen-bond acceptors (Lipinski definition) is 5. The summed E-state index contributed by atoms with van der Waals surface area (Å²) in [6.07, 6.45) is 0. The summed E-state index contributed by atoms with van der Waals surface area (Å²) in [5.74, 6) is -0.575. The fraction of sp³-hybridized carbons (Fsp3) is 0.143. The molecule has 0 aromatic heterocycles. The third kappa shape index (κ3) is 1.80. The Morgan fingerprint density at radius 2 is 1.80 bits per heavy atom. The monoisotopic (exact) mass is 305 g/mol. The van der Waals surface area contributed by atoms with Gasteiger partial charge in [-0.3, -0.25) is 4.79 Å². The van der Waals surface area contributed by atoms with Crippen LogP contribution in [0.25, 0.3) is 21.0 Å². The van der Waals surface area contributed by atoms with Crippen LogP contribution in [0, 0.1) is 0 Å². The predicted octanol–water partition coefficient (Wildman–Crippen LogP) is 3.07. The van der Waals surface area contributed by atoms with Gasteiger partial charge >= 0.3 is 5.97 Å². The molecular formula is C14H11NO3S2. The van der Waals surface area contributed by atoms with Gasteiger partial charge in [-0.15, -0.1) is 0 Å². The number of aromatic nitrogens is 1. The van der Waals surface area contributed by atoms with Crippen LogP contribution in [0.4, 0.5) is 0 Å². The summed E-state index contributed by atoms with van der Waals surface area (Å²) >= 11 is 0. The van der Waals surface area contributed by atoms with Crippen molar-refractivity contribution in [2.24, 2.45) is 7.05 Å². The Kier molecular flexibility index (Phi) is 3.19. The van der Waals surface area contributed by atoms with Gasteiger partial charge in [0.15, 0.2) is 0 Å². The largest absolute Gasteiger partial charge is 0.465 e. The number of nitrogens with zero attached hydrogens (tertiary/aromatic N) is 1. The SMILES string of the molecule is COC(=O)c1c2ssc(-c3ccccc3)c-2n(C)c1=O. The normalized spacial score (nSPS) is 10.9. The molecule has 2 aliphatic heterocycles. The van der Waals surface area contributed by atoms with Crippen molar-refractivity contribution in [3.8, 4) is 21.0 Å².